The van der Waals surface area contributed by atoms with Crippen LogP contribution in [0.1, 0.15) is 5.56 Å². The molecule has 146 valence electrons. The van der Waals surface area contributed by atoms with Gasteiger partial charge in [0.15, 0.2) is 0 Å². The number of aromatic nitrogens is 2. The van der Waals surface area contributed by atoms with E-state index in [1.165, 1.54) is 5.56 Å². The molecule has 1 fully saturated rings. The van der Waals surface area contributed by atoms with E-state index in [1.807, 2.05) is 41.0 Å². The number of nitrogens with one attached hydrogen (secondary N) is 1. The Bertz CT molecular complexity index is 1070. The Labute approximate surface area is 166 Å². The molecule has 0 aliphatic carbocycles. The average Bonchev–Trinajstić information content (AvgIpc) is 2.68. The van der Waals surface area contributed by atoms with Crippen LogP contribution >= 0.6 is 0 Å². The second-order valence-corrected chi connectivity index (χ2v) is 9.69. The van der Waals surface area contributed by atoms with Gasteiger partial charge in [-0.25, -0.2) is 14.3 Å². The van der Waals surface area contributed by atoms with Crippen molar-refractivity contribution in [2.24, 2.45) is 0 Å². The first-order valence-electron chi connectivity index (χ1n) is 9.34. The molecule has 28 heavy (non-hydrogen) atoms. The molecule has 1 unspecified atom stereocenters. The fourth-order valence-corrected chi connectivity index (χ4v) is 4.39. The summed E-state index contributed by atoms with van der Waals surface area (Å²) >= 11 is 0. The van der Waals surface area contributed by atoms with Gasteiger partial charge in [0.05, 0.1) is 0 Å². The number of nitrogens with zero attached hydrogens (tertiary/aromatic N) is 4. The first-order valence-corrected chi connectivity index (χ1v) is 11.4. The molecule has 1 atom stereocenters. The predicted molar refractivity (Wildman–Crippen MR) is 117 cm³/mol. The van der Waals surface area contributed by atoms with Gasteiger partial charge in [-0.1, -0.05) is 24.3 Å². The summed E-state index contributed by atoms with van der Waals surface area (Å²) in [6.07, 6.45) is 5.41. The highest BCUT2D eigenvalue weighted by molar-refractivity contribution is 7.97. The van der Waals surface area contributed by atoms with Crippen molar-refractivity contribution in [2.45, 2.75) is 6.54 Å². The molecule has 0 amide bonds. The second-order valence-electron chi connectivity index (χ2n) is 7.26. The molecule has 3 heterocycles. The second kappa shape index (κ2) is 7.87. The minimum absolute atomic E-state index is 0.783. The van der Waals surface area contributed by atoms with Crippen molar-refractivity contribution in [3.05, 3.63) is 60.4 Å². The van der Waals surface area contributed by atoms with Crippen molar-refractivity contribution >= 4 is 38.0 Å². The average molecular weight is 396 g/mol. The zero-order valence-corrected chi connectivity index (χ0v) is 16.9. The highest BCUT2D eigenvalue weighted by Gasteiger charge is 2.20. The number of anilines is 2. The van der Waals surface area contributed by atoms with Gasteiger partial charge in [-0.15, -0.1) is 0 Å². The number of benzene rings is 1. The lowest BCUT2D eigenvalue weighted by molar-refractivity contribution is 0.185. The van der Waals surface area contributed by atoms with Crippen LogP contribution in [-0.4, -0.2) is 61.7 Å². The molecule has 2 aromatic heterocycles. The molecular formula is C21H25N5OS. The molecule has 1 aliphatic rings. The van der Waals surface area contributed by atoms with Crippen molar-refractivity contribution in [2.75, 3.05) is 37.8 Å². The van der Waals surface area contributed by atoms with Crippen molar-refractivity contribution in [3.8, 4) is 0 Å². The van der Waals surface area contributed by atoms with E-state index in [-0.39, 0.29) is 0 Å². The summed E-state index contributed by atoms with van der Waals surface area (Å²) in [5, 5.41) is 5.57. The van der Waals surface area contributed by atoms with Gasteiger partial charge in [-0.3, -0.25) is 9.11 Å². The van der Waals surface area contributed by atoms with E-state index in [0.717, 1.165) is 55.1 Å². The van der Waals surface area contributed by atoms with Crippen LogP contribution in [0.25, 0.3) is 10.8 Å². The van der Waals surface area contributed by atoms with Gasteiger partial charge in [0.2, 0.25) is 0 Å². The third kappa shape index (κ3) is 4.49. The minimum atomic E-state index is -2.10. The van der Waals surface area contributed by atoms with Crippen molar-refractivity contribution < 1.29 is 4.21 Å². The maximum atomic E-state index is 12.1. The van der Waals surface area contributed by atoms with E-state index in [1.54, 1.807) is 6.26 Å². The molecule has 4 rings (SSSR count). The Balaban J connectivity index is 1.41. The Hall–Kier alpha value is -2.48. The van der Waals surface area contributed by atoms with Crippen LogP contribution in [0.2, 0.25) is 0 Å². The van der Waals surface area contributed by atoms with E-state index < -0.39 is 9.71 Å². The number of hydrogen-bond donors (Lipinski definition) is 1. The van der Waals surface area contributed by atoms with Crippen molar-refractivity contribution in [3.63, 3.8) is 0 Å². The van der Waals surface area contributed by atoms with E-state index >= 15 is 0 Å². The molecule has 1 aliphatic heterocycles. The Morgan fingerprint density at radius 3 is 2.50 bits per heavy atom. The maximum absolute atomic E-state index is 12.1. The SMILES string of the molecule is C=S(C)(=O)N1CCN(Cc2ccnc(Nc3cc4ccccc4cn3)c2)CC1. The monoisotopic (exact) mass is 395 g/mol. The van der Waals surface area contributed by atoms with Crippen LogP contribution in [0.15, 0.2) is 54.9 Å². The quantitative estimate of drug-likeness (QED) is 0.673. The topological polar surface area (TPSA) is 61.4 Å². The number of rotatable bonds is 5. The van der Waals surface area contributed by atoms with Crippen LogP contribution in [0.4, 0.5) is 11.6 Å². The van der Waals surface area contributed by atoms with Crippen LogP contribution < -0.4 is 5.32 Å². The van der Waals surface area contributed by atoms with Gasteiger partial charge < -0.3 is 5.32 Å². The largest absolute Gasteiger partial charge is 0.325 e. The fraction of sp³-hybridized carbons (Fsp3) is 0.286. The summed E-state index contributed by atoms with van der Waals surface area (Å²) in [6.45, 7) is 4.19. The lowest BCUT2D eigenvalue weighted by Gasteiger charge is -2.35. The minimum Gasteiger partial charge on any atom is -0.325 e. The van der Waals surface area contributed by atoms with Crippen LogP contribution in [0, 0.1) is 0 Å². The molecule has 1 saturated heterocycles. The van der Waals surface area contributed by atoms with Crippen molar-refractivity contribution in [1.29, 1.82) is 0 Å². The summed E-state index contributed by atoms with van der Waals surface area (Å²) in [6, 6.07) is 14.3. The number of hydrogen-bond acceptors (Lipinski definition) is 5. The van der Waals surface area contributed by atoms with E-state index in [0.29, 0.717) is 0 Å². The first kappa shape index (κ1) is 18.9. The molecule has 0 bridgehead atoms. The standard InChI is InChI=1S/C21H25N5OS/c1-28(2,27)26-11-9-25(10-12-26)16-17-7-8-22-20(13-17)24-21-14-18-5-3-4-6-19(18)15-23-21/h3-8,13-15H,1,9-12,16H2,2H3,(H,22,23,24). The zero-order valence-electron chi connectivity index (χ0n) is 16.0. The molecular weight excluding hydrogens is 370 g/mol. The van der Waals surface area contributed by atoms with Crippen molar-refractivity contribution in [1.82, 2.24) is 19.2 Å². The molecule has 0 spiro atoms. The first-order chi connectivity index (χ1) is 13.5. The van der Waals surface area contributed by atoms with Gasteiger partial charge in [0.1, 0.15) is 11.6 Å². The summed E-state index contributed by atoms with van der Waals surface area (Å²) < 4.78 is 14.1. The van der Waals surface area contributed by atoms with Gasteiger partial charge >= 0.3 is 0 Å². The summed E-state index contributed by atoms with van der Waals surface area (Å²) in [4.78, 5) is 11.3. The zero-order chi connectivity index (χ0) is 19.6. The molecule has 3 aromatic rings. The number of piperazine rings is 1. The van der Waals surface area contributed by atoms with Gasteiger partial charge in [-0.05, 0) is 35.0 Å². The van der Waals surface area contributed by atoms with E-state index in [9.17, 15) is 4.21 Å². The Morgan fingerprint density at radius 2 is 1.75 bits per heavy atom. The third-order valence-electron chi connectivity index (χ3n) is 5.00. The molecule has 0 radical (unpaired) electrons. The summed E-state index contributed by atoms with van der Waals surface area (Å²) in [7, 11) is -2.10. The Kier molecular flexibility index (Phi) is 5.30. The van der Waals surface area contributed by atoms with Gasteiger partial charge in [0.25, 0.3) is 0 Å². The molecule has 1 aromatic carbocycles. The van der Waals surface area contributed by atoms with Crippen LogP contribution in [0.3, 0.4) is 0 Å². The smallest absolute Gasteiger partial charge is 0.132 e. The summed E-state index contributed by atoms with van der Waals surface area (Å²) in [5.74, 6) is 5.35. The lowest BCUT2D eigenvalue weighted by atomic mass is 10.2. The fourth-order valence-electron chi connectivity index (χ4n) is 3.46. The van der Waals surface area contributed by atoms with E-state index in [2.05, 4.69) is 44.3 Å². The predicted octanol–water partition coefficient (Wildman–Crippen LogP) is 2.75. The Morgan fingerprint density at radius 1 is 1.04 bits per heavy atom. The highest BCUT2D eigenvalue weighted by atomic mass is 32.2. The number of fused-ring (bicyclic) bond motifs is 1. The normalized spacial score (nSPS) is 18.0. The third-order valence-corrected chi connectivity index (χ3v) is 6.45. The summed E-state index contributed by atoms with van der Waals surface area (Å²) in [5.41, 5.74) is 1.19. The molecule has 7 heteroatoms. The maximum Gasteiger partial charge on any atom is 0.132 e. The van der Waals surface area contributed by atoms with E-state index in [4.69, 9.17) is 0 Å². The van der Waals surface area contributed by atoms with Crippen LogP contribution in [-0.2, 0) is 16.3 Å². The molecule has 1 N–H and O–H groups in total. The van der Waals surface area contributed by atoms with Gasteiger partial charge in [0, 0.05) is 66.5 Å². The van der Waals surface area contributed by atoms with Crippen LogP contribution in [0.5, 0.6) is 0 Å². The molecule has 6 nitrogen and oxygen atoms in total. The lowest BCUT2D eigenvalue weighted by Crippen LogP contribution is -2.47. The van der Waals surface area contributed by atoms with Gasteiger partial charge in [-0.2, -0.15) is 0 Å². The molecule has 0 saturated carbocycles. The highest BCUT2D eigenvalue weighted by Crippen LogP contribution is 2.20. The number of pyridine rings is 2.